The van der Waals surface area contributed by atoms with E-state index in [9.17, 15) is 14.4 Å². The zero-order valence-electron chi connectivity index (χ0n) is 14.3. The first-order valence-electron chi connectivity index (χ1n) is 8.50. The standard InChI is InChI=1S/C23H15NO3/c25-21(17-6-2-1-3-7-17)15-12-16-10-13-18(14-11-16)24-22(26)19-8-4-5-9-20(19)23(24)27/h1-15H/b15-12+. The SMILES string of the molecule is O=C(/C=C/c1ccc(N2C(=O)c3ccccc3C2=O)cc1)c1ccccc1. The summed E-state index contributed by atoms with van der Waals surface area (Å²) in [6, 6.07) is 22.8. The number of carbonyl (C=O) groups excluding carboxylic acids is 3. The molecular formula is C23H15NO3. The number of fused-ring (bicyclic) bond motifs is 1. The lowest BCUT2D eigenvalue weighted by molar-refractivity contribution is 0.0925. The Morgan fingerprint density at radius 2 is 1.26 bits per heavy atom. The van der Waals surface area contributed by atoms with Crippen molar-refractivity contribution in [2.24, 2.45) is 0 Å². The van der Waals surface area contributed by atoms with Gasteiger partial charge < -0.3 is 0 Å². The van der Waals surface area contributed by atoms with Crippen LogP contribution in [0.5, 0.6) is 0 Å². The summed E-state index contributed by atoms with van der Waals surface area (Å²) in [5, 5.41) is 0. The molecule has 0 aromatic heterocycles. The van der Waals surface area contributed by atoms with Crippen LogP contribution in [0.2, 0.25) is 0 Å². The summed E-state index contributed by atoms with van der Waals surface area (Å²) < 4.78 is 0. The fourth-order valence-electron chi connectivity index (χ4n) is 3.03. The lowest BCUT2D eigenvalue weighted by Crippen LogP contribution is -2.29. The van der Waals surface area contributed by atoms with Crippen molar-refractivity contribution < 1.29 is 14.4 Å². The molecule has 0 aliphatic carbocycles. The highest BCUT2D eigenvalue weighted by molar-refractivity contribution is 6.34. The Labute approximate surface area is 156 Å². The molecule has 1 aliphatic heterocycles. The van der Waals surface area contributed by atoms with Gasteiger partial charge in [-0.05, 0) is 35.9 Å². The monoisotopic (exact) mass is 353 g/mol. The number of amides is 2. The topological polar surface area (TPSA) is 54.5 Å². The molecule has 0 saturated heterocycles. The van der Waals surface area contributed by atoms with E-state index in [1.54, 1.807) is 66.7 Å². The summed E-state index contributed by atoms with van der Waals surface area (Å²) in [5.74, 6) is -0.726. The van der Waals surface area contributed by atoms with Gasteiger partial charge in [0.05, 0.1) is 16.8 Å². The number of ketones is 1. The molecule has 3 aromatic carbocycles. The van der Waals surface area contributed by atoms with E-state index in [1.165, 1.54) is 11.0 Å². The lowest BCUT2D eigenvalue weighted by atomic mass is 10.1. The number of hydrogen-bond acceptors (Lipinski definition) is 3. The van der Waals surface area contributed by atoms with E-state index in [2.05, 4.69) is 0 Å². The second-order valence-corrected chi connectivity index (χ2v) is 6.15. The molecule has 0 atom stereocenters. The molecule has 0 unspecified atom stereocenters. The maximum absolute atomic E-state index is 12.5. The van der Waals surface area contributed by atoms with E-state index in [0.29, 0.717) is 22.4 Å². The molecule has 0 bridgehead atoms. The van der Waals surface area contributed by atoms with Crippen molar-refractivity contribution in [3.63, 3.8) is 0 Å². The van der Waals surface area contributed by atoms with Gasteiger partial charge in [0.1, 0.15) is 0 Å². The fraction of sp³-hybridized carbons (Fsp3) is 0. The van der Waals surface area contributed by atoms with Gasteiger partial charge in [0.25, 0.3) is 11.8 Å². The average Bonchev–Trinajstić information content (AvgIpc) is 2.98. The third kappa shape index (κ3) is 3.09. The predicted molar refractivity (Wildman–Crippen MR) is 104 cm³/mol. The molecule has 2 amide bonds. The van der Waals surface area contributed by atoms with Gasteiger partial charge in [0.15, 0.2) is 5.78 Å². The highest BCUT2D eigenvalue weighted by Crippen LogP contribution is 2.28. The second-order valence-electron chi connectivity index (χ2n) is 6.15. The number of allylic oxidation sites excluding steroid dienone is 1. The van der Waals surface area contributed by atoms with E-state index in [-0.39, 0.29) is 17.6 Å². The van der Waals surface area contributed by atoms with Gasteiger partial charge in [-0.2, -0.15) is 0 Å². The number of benzene rings is 3. The van der Waals surface area contributed by atoms with Crippen molar-refractivity contribution in [2.45, 2.75) is 0 Å². The highest BCUT2D eigenvalue weighted by atomic mass is 16.2. The first kappa shape index (κ1) is 16.7. The van der Waals surface area contributed by atoms with Crippen molar-refractivity contribution in [1.82, 2.24) is 0 Å². The van der Waals surface area contributed by atoms with Crippen molar-refractivity contribution in [1.29, 1.82) is 0 Å². The van der Waals surface area contributed by atoms with E-state index >= 15 is 0 Å². The Kier molecular flexibility index (Phi) is 4.22. The maximum Gasteiger partial charge on any atom is 0.266 e. The molecule has 27 heavy (non-hydrogen) atoms. The second kappa shape index (κ2) is 6.84. The average molecular weight is 353 g/mol. The molecule has 1 aliphatic rings. The Balaban J connectivity index is 1.53. The summed E-state index contributed by atoms with van der Waals surface area (Å²) in [6.45, 7) is 0. The van der Waals surface area contributed by atoms with E-state index in [4.69, 9.17) is 0 Å². The van der Waals surface area contributed by atoms with E-state index in [0.717, 1.165) is 5.56 Å². The van der Waals surface area contributed by atoms with Crippen LogP contribution < -0.4 is 4.90 Å². The minimum absolute atomic E-state index is 0.0833. The molecule has 0 fully saturated rings. The van der Waals surface area contributed by atoms with E-state index in [1.807, 2.05) is 18.2 Å². The lowest BCUT2D eigenvalue weighted by Gasteiger charge is -2.13. The molecule has 1 heterocycles. The minimum atomic E-state index is -0.321. The molecule has 130 valence electrons. The molecule has 4 heteroatoms. The van der Waals surface area contributed by atoms with Crippen LogP contribution in [0.1, 0.15) is 36.6 Å². The minimum Gasteiger partial charge on any atom is -0.289 e. The Morgan fingerprint density at radius 3 is 1.85 bits per heavy atom. The zero-order valence-corrected chi connectivity index (χ0v) is 14.3. The Bertz CT molecular complexity index is 1030. The number of nitrogens with zero attached hydrogens (tertiary/aromatic N) is 1. The number of rotatable bonds is 4. The van der Waals surface area contributed by atoms with Gasteiger partial charge in [-0.15, -0.1) is 0 Å². The van der Waals surface area contributed by atoms with Gasteiger partial charge in [-0.3, -0.25) is 14.4 Å². The van der Waals surface area contributed by atoms with E-state index < -0.39 is 0 Å². The van der Waals surface area contributed by atoms with Crippen LogP contribution in [0.4, 0.5) is 5.69 Å². The van der Waals surface area contributed by atoms with Gasteiger partial charge in [0, 0.05) is 5.56 Å². The summed E-state index contributed by atoms with van der Waals surface area (Å²) in [7, 11) is 0. The molecular weight excluding hydrogens is 338 g/mol. The molecule has 4 nitrogen and oxygen atoms in total. The van der Waals surface area contributed by atoms with Crippen LogP contribution in [0, 0.1) is 0 Å². The molecule has 4 rings (SSSR count). The first-order chi connectivity index (χ1) is 13.1. The summed E-state index contributed by atoms with van der Waals surface area (Å²) in [5.41, 5.74) is 2.77. The quantitative estimate of drug-likeness (QED) is 0.397. The van der Waals surface area contributed by atoms with Crippen LogP contribution in [-0.4, -0.2) is 17.6 Å². The van der Waals surface area contributed by atoms with Crippen molar-refractivity contribution in [3.05, 3.63) is 107 Å². The van der Waals surface area contributed by atoms with Crippen molar-refractivity contribution >= 4 is 29.4 Å². The number of anilines is 1. The summed E-state index contributed by atoms with van der Waals surface area (Å²) >= 11 is 0. The van der Waals surface area contributed by atoms with Gasteiger partial charge in [0.2, 0.25) is 0 Å². The van der Waals surface area contributed by atoms with Gasteiger partial charge in [-0.25, -0.2) is 4.90 Å². The molecule has 0 spiro atoms. The van der Waals surface area contributed by atoms with Gasteiger partial charge in [-0.1, -0.05) is 60.7 Å². The maximum atomic E-state index is 12.5. The highest BCUT2D eigenvalue weighted by Gasteiger charge is 2.36. The molecule has 0 N–H and O–H groups in total. The normalized spacial score (nSPS) is 13.3. The van der Waals surface area contributed by atoms with Crippen molar-refractivity contribution in [3.8, 4) is 0 Å². The number of carbonyl (C=O) groups is 3. The third-order valence-corrected chi connectivity index (χ3v) is 4.43. The van der Waals surface area contributed by atoms with Gasteiger partial charge >= 0.3 is 0 Å². The molecule has 0 radical (unpaired) electrons. The predicted octanol–water partition coefficient (Wildman–Crippen LogP) is 4.38. The summed E-state index contributed by atoms with van der Waals surface area (Å²) in [6.07, 6.45) is 3.22. The van der Waals surface area contributed by atoms with Crippen LogP contribution >= 0.6 is 0 Å². The number of imide groups is 1. The van der Waals surface area contributed by atoms with Crippen LogP contribution in [0.25, 0.3) is 6.08 Å². The van der Waals surface area contributed by atoms with Crippen LogP contribution in [0.3, 0.4) is 0 Å². The largest absolute Gasteiger partial charge is 0.289 e. The first-order valence-corrected chi connectivity index (χ1v) is 8.50. The molecule has 0 saturated carbocycles. The Hall–Kier alpha value is -3.79. The molecule has 3 aromatic rings. The van der Waals surface area contributed by atoms with Crippen molar-refractivity contribution in [2.75, 3.05) is 4.90 Å². The third-order valence-electron chi connectivity index (χ3n) is 4.43. The number of hydrogen-bond donors (Lipinski definition) is 0. The smallest absolute Gasteiger partial charge is 0.266 e. The Morgan fingerprint density at radius 1 is 0.704 bits per heavy atom. The van der Waals surface area contributed by atoms with Crippen LogP contribution in [-0.2, 0) is 0 Å². The van der Waals surface area contributed by atoms with Crippen LogP contribution in [0.15, 0.2) is 84.9 Å². The zero-order chi connectivity index (χ0) is 18.8. The fourth-order valence-corrected chi connectivity index (χ4v) is 3.03. The summed E-state index contributed by atoms with van der Waals surface area (Å²) in [4.78, 5) is 38.3.